The number of thiophene rings is 1. The fraction of sp³-hybridized carbons (Fsp3) is 0.500. The maximum atomic E-state index is 11.7. The summed E-state index contributed by atoms with van der Waals surface area (Å²) in [7, 11) is -2.09. The molecule has 0 aliphatic heterocycles. The van der Waals surface area contributed by atoms with E-state index in [0.29, 0.717) is 16.6 Å². The van der Waals surface area contributed by atoms with E-state index < -0.39 is 15.6 Å². The Kier molecular flexibility index (Phi) is 3.60. The van der Waals surface area contributed by atoms with E-state index in [1.165, 1.54) is 24.5 Å². The fourth-order valence-electron chi connectivity index (χ4n) is 2.45. The van der Waals surface area contributed by atoms with Crippen LogP contribution >= 0.6 is 11.3 Å². The minimum absolute atomic E-state index is 0.188. The maximum absolute atomic E-state index is 11.7. The molecule has 0 amide bonds. The van der Waals surface area contributed by atoms with E-state index in [4.69, 9.17) is 10.3 Å². The Bertz CT molecular complexity index is 744. The van der Waals surface area contributed by atoms with E-state index in [0.717, 1.165) is 25.7 Å². The number of nitrogens with zero attached hydrogens (tertiary/aromatic N) is 2. The Hall–Kier alpha value is -1.29. The van der Waals surface area contributed by atoms with Crippen LogP contribution in [0.1, 0.15) is 31.5 Å². The van der Waals surface area contributed by atoms with Crippen molar-refractivity contribution in [2.24, 2.45) is 5.73 Å². The van der Waals surface area contributed by atoms with Gasteiger partial charge in [0.05, 0.1) is 15.3 Å². The number of sulfonamides is 1. The first-order valence-corrected chi connectivity index (χ1v) is 8.96. The molecule has 0 bridgehead atoms. The van der Waals surface area contributed by atoms with Crippen molar-refractivity contribution in [1.29, 1.82) is 0 Å². The molecule has 0 radical (unpaired) electrons. The summed E-state index contributed by atoms with van der Waals surface area (Å²) in [5.41, 5.74) is 5.77. The molecular weight excluding hydrogens is 312 g/mol. The standard InChI is InChI=1S/C12H16N4O3S2/c1-14-21(17,18)8-6-9(20-7-8)10-15-11(16-19-10)12(13)4-2-3-5-12/h6-7,14H,2-5,13H2,1H3. The van der Waals surface area contributed by atoms with Crippen LogP contribution in [-0.4, -0.2) is 25.6 Å². The summed E-state index contributed by atoms with van der Waals surface area (Å²) in [5, 5.41) is 5.51. The second-order valence-electron chi connectivity index (χ2n) is 5.14. The molecular formula is C12H16N4O3S2. The third kappa shape index (κ3) is 2.61. The fourth-order valence-corrected chi connectivity index (χ4v) is 4.37. The zero-order valence-corrected chi connectivity index (χ0v) is 13.1. The summed E-state index contributed by atoms with van der Waals surface area (Å²) in [5.74, 6) is 0.811. The lowest BCUT2D eigenvalue weighted by Crippen LogP contribution is -2.34. The Morgan fingerprint density at radius 2 is 2.14 bits per heavy atom. The smallest absolute Gasteiger partial charge is 0.268 e. The highest BCUT2D eigenvalue weighted by Gasteiger charge is 2.36. The summed E-state index contributed by atoms with van der Waals surface area (Å²) >= 11 is 1.24. The average molecular weight is 328 g/mol. The summed E-state index contributed by atoms with van der Waals surface area (Å²) in [6.45, 7) is 0. The van der Waals surface area contributed by atoms with Crippen molar-refractivity contribution in [2.75, 3.05) is 7.05 Å². The quantitative estimate of drug-likeness (QED) is 0.878. The van der Waals surface area contributed by atoms with Crippen LogP contribution < -0.4 is 10.5 Å². The van der Waals surface area contributed by atoms with Crippen LogP contribution in [0.4, 0.5) is 0 Å². The predicted octanol–water partition coefficient (Wildman–Crippen LogP) is 1.43. The van der Waals surface area contributed by atoms with Gasteiger partial charge in [-0.25, -0.2) is 13.1 Å². The molecule has 3 N–H and O–H groups in total. The molecule has 2 aromatic heterocycles. The Morgan fingerprint density at radius 3 is 2.81 bits per heavy atom. The van der Waals surface area contributed by atoms with Crippen molar-refractivity contribution < 1.29 is 12.9 Å². The lowest BCUT2D eigenvalue weighted by molar-refractivity contribution is 0.373. The Morgan fingerprint density at radius 1 is 1.43 bits per heavy atom. The molecule has 1 fully saturated rings. The van der Waals surface area contributed by atoms with E-state index in [1.807, 2.05) is 0 Å². The molecule has 9 heteroatoms. The van der Waals surface area contributed by atoms with Gasteiger partial charge in [0.15, 0.2) is 5.82 Å². The highest BCUT2D eigenvalue weighted by atomic mass is 32.2. The van der Waals surface area contributed by atoms with Gasteiger partial charge in [0, 0.05) is 5.38 Å². The first-order valence-electron chi connectivity index (χ1n) is 6.60. The first-order chi connectivity index (χ1) is 9.94. The SMILES string of the molecule is CNS(=O)(=O)c1csc(-c2nc(C3(N)CCCC3)no2)c1. The zero-order valence-electron chi connectivity index (χ0n) is 11.5. The van der Waals surface area contributed by atoms with Crippen molar-refractivity contribution in [3.63, 3.8) is 0 Å². The molecule has 0 saturated heterocycles. The Balaban J connectivity index is 1.90. The molecule has 1 saturated carbocycles. The third-order valence-corrected chi connectivity index (χ3v) is 6.19. The second-order valence-corrected chi connectivity index (χ2v) is 7.94. The van der Waals surface area contributed by atoms with Gasteiger partial charge in [-0.15, -0.1) is 11.3 Å². The molecule has 114 valence electrons. The molecule has 1 aliphatic carbocycles. The molecule has 0 spiro atoms. The zero-order chi connectivity index (χ0) is 15.1. The molecule has 2 heterocycles. The van der Waals surface area contributed by atoms with E-state index in [1.54, 1.807) is 5.38 Å². The van der Waals surface area contributed by atoms with Crippen LogP contribution in [-0.2, 0) is 15.6 Å². The monoisotopic (exact) mass is 328 g/mol. The number of hydrogen-bond donors (Lipinski definition) is 2. The van der Waals surface area contributed by atoms with Gasteiger partial charge in [-0.05, 0) is 26.0 Å². The van der Waals surface area contributed by atoms with Crippen molar-refractivity contribution >= 4 is 21.4 Å². The van der Waals surface area contributed by atoms with Crippen molar-refractivity contribution in [3.8, 4) is 10.8 Å². The molecule has 7 nitrogen and oxygen atoms in total. The lowest BCUT2D eigenvalue weighted by atomic mass is 9.99. The minimum Gasteiger partial charge on any atom is -0.333 e. The van der Waals surface area contributed by atoms with Crippen LogP contribution in [0.25, 0.3) is 10.8 Å². The van der Waals surface area contributed by atoms with Gasteiger partial charge in [0.2, 0.25) is 10.0 Å². The molecule has 0 aromatic carbocycles. The van der Waals surface area contributed by atoms with Crippen molar-refractivity contribution in [2.45, 2.75) is 36.1 Å². The topological polar surface area (TPSA) is 111 Å². The summed E-state index contributed by atoms with van der Waals surface area (Å²) in [6.07, 6.45) is 3.81. The second kappa shape index (κ2) is 5.16. The van der Waals surface area contributed by atoms with E-state index in [2.05, 4.69) is 14.9 Å². The van der Waals surface area contributed by atoms with Gasteiger partial charge < -0.3 is 10.3 Å². The molecule has 0 atom stereocenters. The number of aromatic nitrogens is 2. The largest absolute Gasteiger partial charge is 0.333 e. The third-order valence-electron chi connectivity index (χ3n) is 3.73. The van der Waals surface area contributed by atoms with Crippen LogP contribution in [0.3, 0.4) is 0 Å². The van der Waals surface area contributed by atoms with E-state index >= 15 is 0 Å². The molecule has 1 aliphatic rings. The minimum atomic E-state index is -3.46. The maximum Gasteiger partial charge on any atom is 0.268 e. The highest BCUT2D eigenvalue weighted by Crippen LogP contribution is 2.36. The van der Waals surface area contributed by atoms with Crippen LogP contribution in [0.15, 0.2) is 20.9 Å². The van der Waals surface area contributed by atoms with Gasteiger partial charge in [-0.2, -0.15) is 4.98 Å². The van der Waals surface area contributed by atoms with E-state index in [9.17, 15) is 8.42 Å². The molecule has 2 aromatic rings. The highest BCUT2D eigenvalue weighted by molar-refractivity contribution is 7.89. The van der Waals surface area contributed by atoms with Gasteiger partial charge in [0.25, 0.3) is 5.89 Å². The summed E-state index contributed by atoms with van der Waals surface area (Å²) in [4.78, 5) is 5.15. The van der Waals surface area contributed by atoms with Gasteiger partial charge >= 0.3 is 0 Å². The van der Waals surface area contributed by atoms with Crippen LogP contribution in [0, 0.1) is 0 Å². The molecule has 3 rings (SSSR count). The number of nitrogens with two attached hydrogens (primary N) is 1. The lowest BCUT2D eigenvalue weighted by Gasteiger charge is -2.17. The number of nitrogens with one attached hydrogen (secondary N) is 1. The van der Waals surface area contributed by atoms with Crippen LogP contribution in [0.5, 0.6) is 0 Å². The van der Waals surface area contributed by atoms with Gasteiger partial charge in [0.1, 0.15) is 0 Å². The normalized spacial score (nSPS) is 18.2. The van der Waals surface area contributed by atoms with Gasteiger partial charge in [-0.3, -0.25) is 0 Å². The number of hydrogen-bond acceptors (Lipinski definition) is 7. The van der Waals surface area contributed by atoms with Crippen molar-refractivity contribution in [1.82, 2.24) is 14.9 Å². The van der Waals surface area contributed by atoms with Gasteiger partial charge in [-0.1, -0.05) is 18.0 Å². The molecule has 0 unspecified atom stereocenters. The molecule has 21 heavy (non-hydrogen) atoms. The van der Waals surface area contributed by atoms with E-state index in [-0.39, 0.29) is 4.90 Å². The average Bonchev–Trinajstić information content (AvgIpc) is 3.18. The predicted molar refractivity (Wildman–Crippen MR) is 78.2 cm³/mol. The number of rotatable bonds is 4. The van der Waals surface area contributed by atoms with Crippen LogP contribution in [0.2, 0.25) is 0 Å². The summed E-state index contributed by atoms with van der Waals surface area (Å²) in [6, 6.07) is 1.52. The van der Waals surface area contributed by atoms with Crippen molar-refractivity contribution in [3.05, 3.63) is 17.3 Å². The summed E-state index contributed by atoms with van der Waals surface area (Å²) < 4.78 is 31.0. The Labute approximate surface area is 126 Å². The first kappa shape index (κ1) is 14.6.